The number of unbranched alkanes of at least 4 members (excludes halogenated alkanes) is 4. The topological polar surface area (TPSA) is 38.3 Å². The van der Waals surface area contributed by atoms with E-state index >= 15 is 0 Å². The Morgan fingerprint density at radius 2 is 1.33 bits per heavy atom. The Hall–Kier alpha value is -0.570. The maximum absolute atomic E-state index is 9.82. The van der Waals surface area contributed by atoms with Crippen molar-refractivity contribution in [3.8, 4) is 0 Å². The van der Waals surface area contributed by atoms with E-state index in [2.05, 4.69) is 37.7 Å². The lowest BCUT2D eigenvalue weighted by Crippen LogP contribution is -2.09. The quantitative estimate of drug-likeness (QED) is 0.552. The largest absolute Gasteiger partial charge is 0.466 e. The lowest BCUT2D eigenvalue weighted by atomic mass is 10.2. The number of ether oxygens (including phenoxy) is 1. The Kier molecular flexibility index (Phi) is 31.8. The van der Waals surface area contributed by atoms with Crippen LogP contribution in [0.3, 0.4) is 0 Å². The second kappa shape index (κ2) is 25.3. The lowest BCUT2D eigenvalue weighted by molar-refractivity contribution is -0.140. The molecular weight excluding hydrogens is 226 g/mol. The summed E-state index contributed by atoms with van der Waals surface area (Å²) in [5, 5.41) is 3.11. The summed E-state index contributed by atoms with van der Waals surface area (Å²) in [6.07, 6.45) is 7.01. The minimum Gasteiger partial charge on any atom is -0.466 e. The van der Waals surface area contributed by atoms with Crippen LogP contribution in [0.2, 0.25) is 0 Å². The molecule has 0 rings (SSSR count). The van der Waals surface area contributed by atoms with Crippen molar-refractivity contribution < 1.29 is 9.53 Å². The third-order valence-corrected chi connectivity index (χ3v) is 2.05. The zero-order valence-corrected chi connectivity index (χ0v) is 13.5. The third kappa shape index (κ3) is 45.2. The fourth-order valence-electron chi connectivity index (χ4n) is 1.13. The number of hydrogen-bond acceptors (Lipinski definition) is 3. The van der Waals surface area contributed by atoms with Gasteiger partial charge in [0, 0.05) is 6.92 Å². The standard InChI is InChI=1S/C7H16.C4H11N.C4H8O2/c1-3-5-7-6-4-2;1-3-5-4-2;1-3-6-4(2)5/h3-7H2,1-2H3;5H,3-4H2,1-2H3;3H2,1-2H3. The van der Waals surface area contributed by atoms with Gasteiger partial charge in [0.15, 0.2) is 0 Å². The van der Waals surface area contributed by atoms with Crippen molar-refractivity contribution >= 4 is 5.97 Å². The molecule has 0 bridgehead atoms. The molecule has 0 aliphatic rings. The van der Waals surface area contributed by atoms with Gasteiger partial charge in [0.1, 0.15) is 0 Å². The van der Waals surface area contributed by atoms with Gasteiger partial charge in [-0.2, -0.15) is 0 Å². The fraction of sp³-hybridized carbons (Fsp3) is 0.933. The van der Waals surface area contributed by atoms with Gasteiger partial charge in [0.25, 0.3) is 0 Å². The molecule has 112 valence electrons. The van der Waals surface area contributed by atoms with Gasteiger partial charge in [-0.1, -0.05) is 59.8 Å². The Balaban J connectivity index is -0.000000190. The molecule has 0 aliphatic carbocycles. The van der Waals surface area contributed by atoms with Crippen molar-refractivity contribution in [2.24, 2.45) is 0 Å². The van der Waals surface area contributed by atoms with E-state index in [9.17, 15) is 4.79 Å². The smallest absolute Gasteiger partial charge is 0.302 e. The van der Waals surface area contributed by atoms with Gasteiger partial charge in [-0.25, -0.2) is 0 Å². The highest BCUT2D eigenvalue weighted by atomic mass is 16.5. The van der Waals surface area contributed by atoms with Crippen LogP contribution in [0.15, 0.2) is 0 Å². The van der Waals surface area contributed by atoms with Crippen LogP contribution in [-0.4, -0.2) is 25.7 Å². The molecule has 0 radical (unpaired) electrons. The summed E-state index contributed by atoms with van der Waals surface area (Å²) in [5.74, 6) is -0.211. The molecule has 0 aromatic rings. The van der Waals surface area contributed by atoms with Crippen molar-refractivity contribution in [2.45, 2.75) is 73.6 Å². The molecule has 3 nitrogen and oxygen atoms in total. The van der Waals surface area contributed by atoms with Crippen LogP contribution in [0, 0.1) is 0 Å². The molecule has 0 fully saturated rings. The van der Waals surface area contributed by atoms with Crippen LogP contribution in [0.25, 0.3) is 0 Å². The van der Waals surface area contributed by atoms with Crippen molar-refractivity contribution in [1.82, 2.24) is 5.32 Å². The van der Waals surface area contributed by atoms with Gasteiger partial charge in [0.05, 0.1) is 6.61 Å². The second-order valence-corrected chi connectivity index (χ2v) is 3.94. The molecular formula is C15H35NO2. The first-order valence-corrected chi connectivity index (χ1v) is 7.44. The molecule has 0 aliphatic heterocycles. The number of carbonyl (C=O) groups is 1. The summed E-state index contributed by atoms with van der Waals surface area (Å²) in [6.45, 7) is 14.5. The first-order chi connectivity index (χ1) is 8.60. The Bertz CT molecular complexity index is 132. The number of carbonyl (C=O) groups excluding carboxylic acids is 1. The van der Waals surface area contributed by atoms with Gasteiger partial charge in [-0.05, 0) is 20.0 Å². The molecule has 0 spiro atoms. The van der Waals surface area contributed by atoms with E-state index < -0.39 is 0 Å². The lowest BCUT2D eigenvalue weighted by Gasteiger charge is -1.90. The number of hydrogen-bond donors (Lipinski definition) is 1. The van der Waals surface area contributed by atoms with Gasteiger partial charge in [-0.3, -0.25) is 4.79 Å². The maximum Gasteiger partial charge on any atom is 0.302 e. The van der Waals surface area contributed by atoms with Gasteiger partial charge < -0.3 is 10.1 Å². The average Bonchev–Trinajstić information content (AvgIpc) is 2.32. The first-order valence-electron chi connectivity index (χ1n) is 7.44. The molecule has 0 atom stereocenters. The van der Waals surface area contributed by atoms with E-state index in [1.807, 2.05) is 0 Å². The monoisotopic (exact) mass is 261 g/mol. The van der Waals surface area contributed by atoms with Crippen LogP contribution in [-0.2, 0) is 9.53 Å². The third-order valence-electron chi connectivity index (χ3n) is 2.05. The van der Waals surface area contributed by atoms with E-state index in [1.165, 1.54) is 39.0 Å². The zero-order valence-electron chi connectivity index (χ0n) is 13.5. The van der Waals surface area contributed by atoms with E-state index in [-0.39, 0.29) is 5.97 Å². The average molecular weight is 261 g/mol. The normalized spacial score (nSPS) is 8.56. The molecule has 0 unspecified atom stereocenters. The second-order valence-electron chi connectivity index (χ2n) is 3.94. The summed E-state index contributed by atoms with van der Waals surface area (Å²) < 4.78 is 4.40. The molecule has 0 saturated carbocycles. The first kappa shape index (κ1) is 22.6. The predicted molar refractivity (Wildman–Crippen MR) is 81.0 cm³/mol. The van der Waals surface area contributed by atoms with Crippen molar-refractivity contribution in [2.75, 3.05) is 19.7 Å². The number of rotatable bonds is 7. The summed E-state index contributed by atoms with van der Waals surface area (Å²) >= 11 is 0. The van der Waals surface area contributed by atoms with Crippen LogP contribution in [0.5, 0.6) is 0 Å². The van der Waals surface area contributed by atoms with Gasteiger partial charge in [-0.15, -0.1) is 0 Å². The predicted octanol–water partition coefficient (Wildman–Crippen LogP) is 4.16. The highest BCUT2D eigenvalue weighted by molar-refractivity contribution is 5.65. The van der Waals surface area contributed by atoms with Crippen LogP contribution >= 0.6 is 0 Å². The maximum atomic E-state index is 9.82. The van der Waals surface area contributed by atoms with Crippen molar-refractivity contribution in [3.63, 3.8) is 0 Å². The Labute approximate surface area is 115 Å². The minimum absolute atomic E-state index is 0.211. The number of esters is 1. The van der Waals surface area contributed by atoms with Crippen LogP contribution in [0.4, 0.5) is 0 Å². The molecule has 0 heterocycles. The fourth-order valence-corrected chi connectivity index (χ4v) is 1.13. The van der Waals surface area contributed by atoms with Crippen LogP contribution < -0.4 is 5.32 Å². The van der Waals surface area contributed by atoms with E-state index in [0.717, 1.165) is 13.1 Å². The Morgan fingerprint density at radius 1 is 0.889 bits per heavy atom. The highest BCUT2D eigenvalue weighted by Crippen LogP contribution is 2.00. The molecule has 0 amide bonds. The molecule has 18 heavy (non-hydrogen) atoms. The van der Waals surface area contributed by atoms with E-state index in [0.29, 0.717) is 6.61 Å². The molecule has 1 N–H and O–H groups in total. The van der Waals surface area contributed by atoms with E-state index in [4.69, 9.17) is 0 Å². The Morgan fingerprint density at radius 3 is 1.44 bits per heavy atom. The highest BCUT2D eigenvalue weighted by Gasteiger charge is 1.81. The van der Waals surface area contributed by atoms with Gasteiger partial charge in [0.2, 0.25) is 0 Å². The van der Waals surface area contributed by atoms with E-state index in [1.54, 1.807) is 6.92 Å². The molecule has 3 heteroatoms. The minimum atomic E-state index is -0.211. The summed E-state index contributed by atoms with van der Waals surface area (Å²) in [5.41, 5.74) is 0. The zero-order chi connectivity index (χ0) is 14.6. The molecule has 0 saturated heterocycles. The van der Waals surface area contributed by atoms with Crippen molar-refractivity contribution in [1.29, 1.82) is 0 Å². The van der Waals surface area contributed by atoms with Crippen molar-refractivity contribution in [3.05, 3.63) is 0 Å². The summed E-state index contributed by atoms with van der Waals surface area (Å²) in [4.78, 5) is 9.82. The molecule has 0 aromatic carbocycles. The number of nitrogens with one attached hydrogen (secondary N) is 1. The summed E-state index contributed by atoms with van der Waals surface area (Å²) in [6, 6.07) is 0. The van der Waals surface area contributed by atoms with Crippen LogP contribution in [0.1, 0.15) is 73.6 Å². The van der Waals surface area contributed by atoms with Gasteiger partial charge >= 0.3 is 5.97 Å². The SMILES string of the molecule is CCCCCCC.CCNCC.CCOC(C)=O. The summed E-state index contributed by atoms with van der Waals surface area (Å²) in [7, 11) is 0. The molecule has 0 aromatic heterocycles.